The molecule has 0 aliphatic heterocycles. The highest BCUT2D eigenvalue weighted by atomic mass is 16.5. The minimum absolute atomic E-state index is 0.0448. The fraction of sp³-hybridized carbons (Fsp3) is 0.571. The summed E-state index contributed by atoms with van der Waals surface area (Å²) >= 11 is 0. The molecule has 2 heterocycles. The van der Waals surface area contributed by atoms with Gasteiger partial charge in [0.05, 0.1) is 12.3 Å². The molecular formula is C14H23N5O. The number of anilines is 1. The standard InChI is InChI=1S/C14H23N5O/c1-10(2)12-8-13-14(17-6-7-19(13)18-12)16-5-4-11(15)9-20-3/h6-8,10-11H,4-5,9,15H2,1-3H3,(H,16,17). The molecular weight excluding hydrogens is 254 g/mol. The van der Waals surface area contributed by atoms with E-state index in [2.05, 4.69) is 35.3 Å². The van der Waals surface area contributed by atoms with Crippen LogP contribution in [0.5, 0.6) is 0 Å². The molecule has 2 rings (SSSR count). The summed E-state index contributed by atoms with van der Waals surface area (Å²) in [5, 5.41) is 7.86. The molecule has 3 N–H and O–H groups in total. The van der Waals surface area contributed by atoms with Gasteiger partial charge in [0.25, 0.3) is 0 Å². The van der Waals surface area contributed by atoms with Crippen LogP contribution in [0.4, 0.5) is 5.82 Å². The van der Waals surface area contributed by atoms with Crippen molar-refractivity contribution in [3.63, 3.8) is 0 Å². The fourth-order valence-corrected chi connectivity index (χ4v) is 2.03. The summed E-state index contributed by atoms with van der Waals surface area (Å²) in [6, 6.07) is 2.12. The van der Waals surface area contributed by atoms with E-state index in [0.29, 0.717) is 12.5 Å². The van der Waals surface area contributed by atoms with Gasteiger partial charge in [-0.25, -0.2) is 9.50 Å². The largest absolute Gasteiger partial charge is 0.383 e. The molecule has 0 saturated carbocycles. The Bertz CT molecular complexity index is 551. The Labute approximate surface area is 119 Å². The molecule has 0 spiro atoms. The fourth-order valence-electron chi connectivity index (χ4n) is 2.03. The number of ether oxygens (including phenoxy) is 1. The lowest BCUT2D eigenvalue weighted by Gasteiger charge is -2.11. The number of hydrogen-bond donors (Lipinski definition) is 2. The van der Waals surface area contributed by atoms with E-state index in [1.165, 1.54) is 0 Å². The maximum Gasteiger partial charge on any atom is 0.152 e. The molecule has 0 fully saturated rings. The highest BCUT2D eigenvalue weighted by molar-refractivity contribution is 5.67. The van der Waals surface area contributed by atoms with Gasteiger partial charge in [-0.15, -0.1) is 0 Å². The first-order valence-electron chi connectivity index (χ1n) is 6.94. The first kappa shape index (κ1) is 14.7. The predicted octanol–water partition coefficient (Wildman–Crippen LogP) is 1.63. The molecule has 0 saturated heterocycles. The molecule has 0 aliphatic carbocycles. The average molecular weight is 277 g/mol. The van der Waals surface area contributed by atoms with Crippen molar-refractivity contribution in [2.75, 3.05) is 25.6 Å². The molecule has 0 aromatic carbocycles. The highest BCUT2D eigenvalue weighted by Crippen LogP contribution is 2.19. The summed E-state index contributed by atoms with van der Waals surface area (Å²) in [7, 11) is 1.66. The Morgan fingerprint density at radius 2 is 2.25 bits per heavy atom. The summed E-state index contributed by atoms with van der Waals surface area (Å²) in [6.45, 7) is 5.60. The van der Waals surface area contributed by atoms with Crippen LogP contribution in [-0.2, 0) is 4.74 Å². The Kier molecular flexibility index (Phi) is 4.92. The molecule has 1 atom stereocenters. The van der Waals surface area contributed by atoms with Gasteiger partial charge in [-0.3, -0.25) is 0 Å². The van der Waals surface area contributed by atoms with E-state index < -0.39 is 0 Å². The van der Waals surface area contributed by atoms with Crippen molar-refractivity contribution in [2.24, 2.45) is 5.73 Å². The molecule has 0 aliphatic rings. The molecule has 6 heteroatoms. The third-order valence-electron chi connectivity index (χ3n) is 3.19. The van der Waals surface area contributed by atoms with E-state index in [0.717, 1.165) is 30.0 Å². The number of rotatable bonds is 7. The molecule has 0 bridgehead atoms. The Morgan fingerprint density at radius 3 is 2.95 bits per heavy atom. The molecule has 2 aromatic rings. The lowest BCUT2D eigenvalue weighted by Crippen LogP contribution is -2.28. The van der Waals surface area contributed by atoms with E-state index in [-0.39, 0.29) is 6.04 Å². The number of hydrogen-bond acceptors (Lipinski definition) is 5. The van der Waals surface area contributed by atoms with Crippen LogP contribution in [0.1, 0.15) is 31.9 Å². The minimum Gasteiger partial charge on any atom is -0.383 e. The van der Waals surface area contributed by atoms with Crippen molar-refractivity contribution >= 4 is 11.3 Å². The van der Waals surface area contributed by atoms with Crippen molar-refractivity contribution in [2.45, 2.75) is 32.2 Å². The van der Waals surface area contributed by atoms with E-state index in [9.17, 15) is 0 Å². The maximum atomic E-state index is 5.90. The summed E-state index contributed by atoms with van der Waals surface area (Å²) < 4.78 is 6.88. The molecule has 2 aromatic heterocycles. The number of nitrogens with one attached hydrogen (secondary N) is 1. The first-order chi connectivity index (χ1) is 9.61. The number of aromatic nitrogens is 3. The van der Waals surface area contributed by atoms with Gasteiger partial charge >= 0.3 is 0 Å². The molecule has 6 nitrogen and oxygen atoms in total. The van der Waals surface area contributed by atoms with Gasteiger partial charge in [0.15, 0.2) is 5.82 Å². The predicted molar refractivity (Wildman–Crippen MR) is 80.0 cm³/mol. The van der Waals surface area contributed by atoms with Gasteiger partial charge in [-0.2, -0.15) is 5.10 Å². The van der Waals surface area contributed by atoms with E-state index in [1.807, 2.05) is 10.7 Å². The van der Waals surface area contributed by atoms with E-state index in [4.69, 9.17) is 10.5 Å². The Morgan fingerprint density at radius 1 is 1.45 bits per heavy atom. The smallest absolute Gasteiger partial charge is 0.152 e. The van der Waals surface area contributed by atoms with Crippen LogP contribution < -0.4 is 11.1 Å². The molecule has 0 radical (unpaired) electrons. The van der Waals surface area contributed by atoms with E-state index >= 15 is 0 Å². The quantitative estimate of drug-likeness (QED) is 0.804. The second-order valence-corrected chi connectivity index (χ2v) is 5.26. The average Bonchev–Trinajstić information content (AvgIpc) is 2.84. The summed E-state index contributed by atoms with van der Waals surface area (Å²) in [6.07, 6.45) is 4.45. The van der Waals surface area contributed by atoms with Gasteiger partial charge in [0.1, 0.15) is 5.52 Å². The van der Waals surface area contributed by atoms with Gasteiger partial charge in [0.2, 0.25) is 0 Å². The minimum atomic E-state index is 0.0448. The molecule has 110 valence electrons. The van der Waals surface area contributed by atoms with Crippen molar-refractivity contribution in [1.29, 1.82) is 0 Å². The lowest BCUT2D eigenvalue weighted by molar-refractivity contribution is 0.178. The molecule has 0 amide bonds. The summed E-state index contributed by atoms with van der Waals surface area (Å²) in [5.41, 5.74) is 7.97. The van der Waals surface area contributed by atoms with Crippen LogP contribution >= 0.6 is 0 Å². The van der Waals surface area contributed by atoms with Gasteiger partial charge in [-0.05, 0) is 18.4 Å². The SMILES string of the molecule is COCC(N)CCNc1nccn2nc(C(C)C)cc12. The van der Waals surface area contributed by atoms with Crippen molar-refractivity contribution in [1.82, 2.24) is 14.6 Å². The maximum absolute atomic E-state index is 5.90. The monoisotopic (exact) mass is 277 g/mol. The second-order valence-electron chi connectivity index (χ2n) is 5.26. The highest BCUT2D eigenvalue weighted by Gasteiger charge is 2.10. The lowest BCUT2D eigenvalue weighted by atomic mass is 10.1. The molecule has 20 heavy (non-hydrogen) atoms. The normalized spacial score (nSPS) is 13.1. The zero-order valence-electron chi connectivity index (χ0n) is 12.3. The van der Waals surface area contributed by atoms with Gasteiger partial charge < -0.3 is 15.8 Å². The first-order valence-corrected chi connectivity index (χ1v) is 6.94. The van der Waals surface area contributed by atoms with Crippen molar-refractivity contribution in [3.05, 3.63) is 24.2 Å². The zero-order chi connectivity index (χ0) is 14.5. The third kappa shape index (κ3) is 3.46. The number of fused-ring (bicyclic) bond motifs is 1. The van der Waals surface area contributed by atoms with Crippen LogP contribution in [-0.4, -0.2) is 40.9 Å². The van der Waals surface area contributed by atoms with Crippen LogP contribution in [0.3, 0.4) is 0 Å². The van der Waals surface area contributed by atoms with Gasteiger partial charge in [-0.1, -0.05) is 13.8 Å². The number of nitrogens with zero attached hydrogens (tertiary/aromatic N) is 3. The third-order valence-corrected chi connectivity index (χ3v) is 3.19. The van der Waals surface area contributed by atoms with Crippen LogP contribution in [0.25, 0.3) is 5.52 Å². The Balaban J connectivity index is 2.06. The van der Waals surface area contributed by atoms with Crippen LogP contribution in [0, 0.1) is 0 Å². The van der Waals surface area contributed by atoms with Crippen LogP contribution in [0.2, 0.25) is 0 Å². The van der Waals surface area contributed by atoms with Crippen LogP contribution in [0.15, 0.2) is 18.5 Å². The Hall–Kier alpha value is -1.66. The number of methoxy groups -OCH3 is 1. The van der Waals surface area contributed by atoms with Crippen molar-refractivity contribution in [3.8, 4) is 0 Å². The van der Waals surface area contributed by atoms with E-state index in [1.54, 1.807) is 13.3 Å². The van der Waals surface area contributed by atoms with Gasteiger partial charge in [0, 0.05) is 32.1 Å². The number of nitrogens with two attached hydrogens (primary N) is 1. The zero-order valence-corrected chi connectivity index (χ0v) is 12.3. The van der Waals surface area contributed by atoms with Crippen molar-refractivity contribution < 1.29 is 4.74 Å². The second kappa shape index (κ2) is 6.67. The summed E-state index contributed by atoms with van der Waals surface area (Å²) in [4.78, 5) is 4.38. The molecule has 1 unspecified atom stereocenters. The summed E-state index contributed by atoms with van der Waals surface area (Å²) in [5.74, 6) is 1.24. The topological polar surface area (TPSA) is 77.5 Å².